The molecule has 0 atom stereocenters. The average molecular weight is 480 g/mol. The fourth-order valence-electron chi connectivity index (χ4n) is 5.44. The van der Waals surface area contributed by atoms with Crippen LogP contribution in [0.5, 0.6) is 0 Å². The maximum absolute atomic E-state index is 13.9. The van der Waals surface area contributed by atoms with E-state index in [9.17, 15) is 19.5 Å². The SMILES string of the molecule is Cc1cc(C)c(C(=N)Cn2c(=O)n(C3(CC(=O)O)CCCCC3)c(=O)c3ccccc32)c(S)c1. The summed E-state index contributed by atoms with van der Waals surface area (Å²) in [6, 6.07) is 10.7. The van der Waals surface area contributed by atoms with Crippen LogP contribution in [0, 0.1) is 19.3 Å². The number of carboxylic acids is 1. The third-order valence-corrected chi connectivity index (χ3v) is 7.22. The van der Waals surface area contributed by atoms with Gasteiger partial charge in [-0.15, -0.1) is 12.6 Å². The van der Waals surface area contributed by atoms with Crippen LogP contribution in [0.1, 0.15) is 55.2 Å². The summed E-state index contributed by atoms with van der Waals surface area (Å²) in [5, 5.41) is 18.8. The molecule has 1 aromatic heterocycles. The number of carbonyl (C=O) groups is 1. The van der Waals surface area contributed by atoms with E-state index in [0.717, 1.165) is 30.4 Å². The van der Waals surface area contributed by atoms with Gasteiger partial charge < -0.3 is 10.5 Å². The molecule has 1 aliphatic carbocycles. The number of nitrogens with zero attached hydrogens (tertiary/aromatic N) is 2. The number of thiol groups is 1. The summed E-state index contributed by atoms with van der Waals surface area (Å²) in [5.74, 6) is -1.03. The molecule has 8 heteroatoms. The molecule has 1 fully saturated rings. The number of aliphatic carboxylic acids is 1. The fraction of sp³-hybridized carbons (Fsp3) is 0.385. The summed E-state index contributed by atoms with van der Waals surface area (Å²) < 4.78 is 2.61. The standard InChI is InChI=1S/C26H29N3O4S/c1-16-12-17(2)23(21(34)13-16)19(27)15-28-20-9-5-4-8-18(20)24(32)29(25(28)33)26(14-22(30)31)10-6-3-7-11-26/h4-5,8-9,12-13,27,34H,3,6-7,10-11,14-15H2,1-2H3,(H,30,31). The van der Waals surface area contributed by atoms with Crippen LogP contribution in [0.4, 0.5) is 0 Å². The minimum atomic E-state index is -1.07. The summed E-state index contributed by atoms with van der Waals surface area (Å²) in [6.07, 6.45) is 3.10. The van der Waals surface area contributed by atoms with Crippen LogP contribution in [0.3, 0.4) is 0 Å². The van der Waals surface area contributed by atoms with Crippen molar-refractivity contribution < 1.29 is 9.90 Å². The van der Waals surface area contributed by atoms with Crippen molar-refractivity contribution >= 4 is 35.2 Å². The zero-order chi connectivity index (χ0) is 24.6. The fourth-order valence-corrected chi connectivity index (χ4v) is 5.95. The van der Waals surface area contributed by atoms with E-state index in [-0.39, 0.29) is 18.7 Å². The van der Waals surface area contributed by atoms with Crippen LogP contribution in [0.2, 0.25) is 0 Å². The Labute approximate surface area is 203 Å². The Bertz CT molecular complexity index is 1390. The summed E-state index contributed by atoms with van der Waals surface area (Å²) in [6.45, 7) is 3.81. The van der Waals surface area contributed by atoms with Crippen molar-refractivity contribution in [3.8, 4) is 0 Å². The molecule has 0 saturated heterocycles. The number of para-hydroxylation sites is 1. The topological polar surface area (TPSA) is 105 Å². The van der Waals surface area contributed by atoms with Crippen molar-refractivity contribution in [2.75, 3.05) is 0 Å². The monoisotopic (exact) mass is 479 g/mol. The summed E-state index contributed by atoms with van der Waals surface area (Å²) in [7, 11) is 0. The Hall–Kier alpha value is -3.13. The highest BCUT2D eigenvalue weighted by Crippen LogP contribution is 2.36. The van der Waals surface area contributed by atoms with Crippen LogP contribution in [0.25, 0.3) is 10.9 Å². The molecule has 0 bridgehead atoms. The predicted molar refractivity (Wildman–Crippen MR) is 136 cm³/mol. The molecular formula is C26H29N3O4S. The number of benzene rings is 2. The van der Waals surface area contributed by atoms with Crippen LogP contribution in [-0.2, 0) is 16.9 Å². The molecular weight excluding hydrogens is 450 g/mol. The highest BCUT2D eigenvalue weighted by atomic mass is 32.1. The third kappa shape index (κ3) is 4.22. The average Bonchev–Trinajstić information content (AvgIpc) is 2.76. The van der Waals surface area contributed by atoms with Gasteiger partial charge in [0, 0.05) is 10.5 Å². The Balaban J connectivity index is 1.95. The van der Waals surface area contributed by atoms with Gasteiger partial charge in [-0.3, -0.25) is 18.7 Å². The molecule has 0 radical (unpaired) electrons. The number of aromatic nitrogens is 2. The molecule has 4 rings (SSSR count). The van der Waals surface area contributed by atoms with Gasteiger partial charge in [-0.25, -0.2) is 4.79 Å². The first kappa shape index (κ1) is 24.0. The van der Waals surface area contributed by atoms with Crippen molar-refractivity contribution in [2.24, 2.45) is 0 Å². The molecule has 0 amide bonds. The van der Waals surface area contributed by atoms with Gasteiger partial charge in [0.05, 0.1) is 35.1 Å². The zero-order valence-electron chi connectivity index (χ0n) is 19.4. The van der Waals surface area contributed by atoms with Crippen molar-refractivity contribution in [1.29, 1.82) is 5.41 Å². The molecule has 1 saturated carbocycles. The Morgan fingerprint density at radius 2 is 1.79 bits per heavy atom. The molecule has 1 aliphatic rings. The Morgan fingerprint density at radius 3 is 2.44 bits per heavy atom. The number of rotatable bonds is 6. The molecule has 178 valence electrons. The van der Waals surface area contributed by atoms with E-state index in [1.807, 2.05) is 26.0 Å². The van der Waals surface area contributed by atoms with Crippen molar-refractivity contribution in [2.45, 2.75) is 69.4 Å². The van der Waals surface area contributed by atoms with Crippen molar-refractivity contribution in [1.82, 2.24) is 9.13 Å². The van der Waals surface area contributed by atoms with E-state index < -0.39 is 22.8 Å². The van der Waals surface area contributed by atoms with Gasteiger partial charge in [0.15, 0.2) is 0 Å². The smallest absolute Gasteiger partial charge is 0.332 e. The third-order valence-electron chi connectivity index (χ3n) is 6.87. The summed E-state index contributed by atoms with van der Waals surface area (Å²) >= 11 is 4.56. The van der Waals surface area contributed by atoms with Gasteiger partial charge in [0.2, 0.25) is 0 Å². The Kier molecular flexibility index (Phi) is 6.53. The number of carboxylic acid groups (broad SMARTS) is 1. The lowest BCUT2D eigenvalue weighted by Crippen LogP contribution is -2.53. The first-order chi connectivity index (χ1) is 16.1. The molecule has 0 unspecified atom stereocenters. The molecule has 0 aliphatic heterocycles. The summed E-state index contributed by atoms with van der Waals surface area (Å²) in [5.41, 5.74) is 1.11. The van der Waals surface area contributed by atoms with E-state index in [1.165, 1.54) is 9.13 Å². The molecule has 1 heterocycles. The van der Waals surface area contributed by atoms with E-state index in [0.29, 0.717) is 34.2 Å². The second-order valence-electron chi connectivity index (χ2n) is 9.34. The molecule has 2 N–H and O–H groups in total. The first-order valence-electron chi connectivity index (χ1n) is 11.5. The van der Waals surface area contributed by atoms with Crippen molar-refractivity contribution in [3.63, 3.8) is 0 Å². The molecule has 0 spiro atoms. The van der Waals surface area contributed by atoms with E-state index in [4.69, 9.17) is 5.41 Å². The lowest BCUT2D eigenvalue weighted by Gasteiger charge is -2.37. The zero-order valence-corrected chi connectivity index (χ0v) is 20.3. The van der Waals surface area contributed by atoms with Gasteiger partial charge in [-0.1, -0.05) is 37.5 Å². The number of fused-ring (bicyclic) bond motifs is 1. The molecule has 3 aromatic rings. The van der Waals surface area contributed by atoms with E-state index in [2.05, 4.69) is 12.6 Å². The van der Waals surface area contributed by atoms with E-state index >= 15 is 0 Å². The normalized spacial score (nSPS) is 15.4. The molecule has 7 nitrogen and oxygen atoms in total. The minimum Gasteiger partial charge on any atom is -0.481 e. The van der Waals surface area contributed by atoms with Gasteiger partial charge >= 0.3 is 11.7 Å². The predicted octanol–water partition coefficient (Wildman–Crippen LogP) is 4.27. The van der Waals surface area contributed by atoms with Gasteiger partial charge in [0.1, 0.15) is 0 Å². The van der Waals surface area contributed by atoms with E-state index in [1.54, 1.807) is 24.3 Å². The maximum Gasteiger partial charge on any atom is 0.332 e. The van der Waals surface area contributed by atoms with Crippen LogP contribution in [0.15, 0.2) is 50.9 Å². The number of hydrogen-bond donors (Lipinski definition) is 3. The lowest BCUT2D eigenvalue weighted by atomic mass is 9.79. The van der Waals surface area contributed by atoms with Crippen molar-refractivity contribution in [3.05, 3.63) is 73.9 Å². The number of aryl methyl sites for hydroxylation is 2. The molecule has 2 aromatic carbocycles. The second kappa shape index (κ2) is 9.25. The quantitative estimate of drug-likeness (QED) is 0.363. The highest BCUT2D eigenvalue weighted by molar-refractivity contribution is 7.80. The second-order valence-corrected chi connectivity index (χ2v) is 9.82. The van der Waals surface area contributed by atoms with Crippen LogP contribution < -0.4 is 11.2 Å². The van der Waals surface area contributed by atoms with Gasteiger partial charge in [-0.2, -0.15) is 0 Å². The highest BCUT2D eigenvalue weighted by Gasteiger charge is 2.39. The lowest BCUT2D eigenvalue weighted by molar-refractivity contribution is -0.140. The van der Waals surface area contributed by atoms with Crippen LogP contribution in [-0.4, -0.2) is 25.9 Å². The van der Waals surface area contributed by atoms with Crippen LogP contribution >= 0.6 is 12.6 Å². The molecule has 34 heavy (non-hydrogen) atoms. The van der Waals surface area contributed by atoms with Gasteiger partial charge in [-0.05, 0) is 56.0 Å². The largest absolute Gasteiger partial charge is 0.481 e. The maximum atomic E-state index is 13.9. The van der Waals surface area contributed by atoms with Gasteiger partial charge in [0.25, 0.3) is 5.56 Å². The Morgan fingerprint density at radius 1 is 1.12 bits per heavy atom. The number of hydrogen-bond acceptors (Lipinski definition) is 5. The minimum absolute atomic E-state index is 0.0553. The first-order valence-corrected chi connectivity index (χ1v) is 11.9. The number of nitrogens with one attached hydrogen (secondary N) is 1. The summed E-state index contributed by atoms with van der Waals surface area (Å²) in [4.78, 5) is 39.9.